The minimum absolute atomic E-state index is 0.0609. The van der Waals surface area contributed by atoms with E-state index in [2.05, 4.69) is 10.6 Å². The molecule has 3 N–H and O–H groups in total. The number of hydrogen-bond donors (Lipinski definition) is 3. The Bertz CT molecular complexity index is 1360. The number of ether oxygens (including phenoxy) is 1. The second kappa shape index (κ2) is 12.0. The molecule has 3 atom stereocenters. The average molecular weight is 546 g/mol. The van der Waals surface area contributed by atoms with Gasteiger partial charge in [0.05, 0.1) is 0 Å². The smallest absolute Gasteiger partial charge is 0.408 e. The first-order valence-corrected chi connectivity index (χ1v) is 13.9. The van der Waals surface area contributed by atoms with Gasteiger partial charge in [0, 0.05) is 11.7 Å². The average Bonchev–Trinajstić information content (AvgIpc) is 3.74. The number of phenolic OH excluding ortho intramolecular Hbond substituents is 1. The number of carbonyl (C=O) groups excluding carboxylic acids is 3. The lowest BCUT2D eigenvalue weighted by atomic mass is 9.95. The zero-order valence-electron chi connectivity index (χ0n) is 23.8. The number of fused-ring (bicyclic) bond motifs is 1. The van der Waals surface area contributed by atoms with Crippen LogP contribution in [0.1, 0.15) is 65.5 Å². The second-order valence-electron chi connectivity index (χ2n) is 11.5. The molecule has 1 aliphatic rings. The van der Waals surface area contributed by atoms with Crippen LogP contribution in [0.3, 0.4) is 0 Å². The van der Waals surface area contributed by atoms with Gasteiger partial charge in [-0.05, 0) is 80.1 Å². The van der Waals surface area contributed by atoms with Gasteiger partial charge in [-0.15, -0.1) is 0 Å². The summed E-state index contributed by atoms with van der Waals surface area (Å²) in [6.45, 7) is 9.15. The number of carbonyl (C=O) groups is 3. The number of aromatic hydroxyl groups is 1. The molecule has 1 fully saturated rings. The van der Waals surface area contributed by atoms with E-state index in [0.29, 0.717) is 17.7 Å². The molecule has 0 aliphatic heterocycles. The largest absolute Gasteiger partial charge is 0.508 e. The Hall–Kier alpha value is -4.07. The van der Waals surface area contributed by atoms with Crippen LogP contribution in [0.15, 0.2) is 66.7 Å². The van der Waals surface area contributed by atoms with E-state index in [1.54, 1.807) is 37.8 Å². The molecule has 8 nitrogen and oxygen atoms in total. The molecule has 1 saturated carbocycles. The second-order valence-corrected chi connectivity index (χ2v) is 11.5. The Morgan fingerprint density at radius 1 is 1.00 bits per heavy atom. The molecular weight excluding hydrogens is 506 g/mol. The predicted molar refractivity (Wildman–Crippen MR) is 156 cm³/mol. The first-order valence-electron chi connectivity index (χ1n) is 13.9. The molecule has 0 radical (unpaired) electrons. The zero-order valence-corrected chi connectivity index (χ0v) is 23.8. The first-order chi connectivity index (χ1) is 19.0. The highest BCUT2D eigenvalue weighted by molar-refractivity contribution is 6.00. The molecule has 0 spiro atoms. The van der Waals surface area contributed by atoms with Crippen LogP contribution in [0.5, 0.6) is 5.75 Å². The van der Waals surface area contributed by atoms with Gasteiger partial charge in [0.15, 0.2) is 0 Å². The molecule has 212 valence electrons. The summed E-state index contributed by atoms with van der Waals surface area (Å²) in [5.74, 6) is -0.855. The third-order valence-corrected chi connectivity index (χ3v) is 7.10. The van der Waals surface area contributed by atoms with Crippen LogP contribution in [0, 0.1) is 5.92 Å². The van der Waals surface area contributed by atoms with Gasteiger partial charge < -0.3 is 25.4 Å². The van der Waals surface area contributed by atoms with Crippen LogP contribution in [-0.4, -0.2) is 45.6 Å². The number of nitrogens with one attached hydrogen (secondary N) is 2. The van der Waals surface area contributed by atoms with E-state index in [0.717, 1.165) is 23.6 Å². The van der Waals surface area contributed by atoms with Crippen LogP contribution in [0.2, 0.25) is 0 Å². The van der Waals surface area contributed by atoms with Gasteiger partial charge in [-0.2, -0.15) is 0 Å². The normalized spacial score (nSPS) is 15.5. The number of phenols is 1. The summed E-state index contributed by atoms with van der Waals surface area (Å²) in [4.78, 5) is 42.6. The third kappa shape index (κ3) is 7.11. The maximum Gasteiger partial charge on any atom is 0.408 e. The summed E-state index contributed by atoms with van der Waals surface area (Å²) in [5, 5.41) is 17.8. The molecule has 3 aromatic rings. The molecular formula is C32H39N3O5. The molecule has 3 unspecified atom stereocenters. The third-order valence-electron chi connectivity index (χ3n) is 7.10. The van der Waals surface area contributed by atoms with Crippen molar-refractivity contribution in [3.05, 3.63) is 72.3 Å². The van der Waals surface area contributed by atoms with E-state index in [4.69, 9.17) is 4.74 Å². The molecule has 0 bridgehead atoms. The van der Waals surface area contributed by atoms with Crippen LogP contribution in [0.4, 0.5) is 10.5 Å². The Balaban J connectivity index is 1.69. The Morgan fingerprint density at radius 3 is 2.25 bits per heavy atom. The van der Waals surface area contributed by atoms with Gasteiger partial charge in [-0.1, -0.05) is 62.7 Å². The predicted octanol–water partition coefficient (Wildman–Crippen LogP) is 6.16. The summed E-state index contributed by atoms with van der Waals surface area (Å²) in [6, 6.07) is 17.9. The maximum absolute atomic E-state index is 14.3. The highest BCUT2D eigenvalue weighted by atomic mass is 16.6. The lowest BCUT2D eigenvalue weighted by Crippen LogP contribution is -2.55. The molecule has 0 saturated heterocycles. The van der Waals surface area contributed by atoms with Crippen molar-refractivity contribution in [2.45, 2.75) is 77.6 Å². The highest BCUT2D eigenvalue weighted by Gasteiger charge is 2.45. The van der Waals surface area contributed by atoms with Gasteiger partial charge in [0.25, 0.3) is 5.91 Å². The van der Waals surface area contributed by atoms with E-state index >= 15 is 0 Å². The minimum atomic E-state index is -0.973. The van der Waals surface area contributed by atoms with Crippen LogP contribution in [-0.2, 0) is 14.3 Å². The van der Waals surface area contributed by atoms with E-state index in [9.17, 15) is 19.5 Å². The van der Waals surface area contributed by atoms with Gasteiger partial charge in [-0.25, -0.2) is 4.79 Å². The Labute approximate surface area is 235 Å². The monoisotopic (exact) mass is 545 g/mol. The van der Waals surface area contributed by atoms with Crippen molar-refractivity contribution in [1.82, 2.24) is 10.2 Å². The van der Waals surface area contributed by atoms with Crippen molar-refractivity contribution in [2.24, 2.45) is 5.92 Å². The molecule has 3 amide bonds. The molecule has 8 heteroatoms. The fourth-order valence-corrected chi connectivity index (χ4v) is 4.72. The topological polar surface area (TPSA) is 108 Å². The van der Waals surface area contributed by atoms with Crippen LogP contribution >= 0.6 is 0 Å². The van der Waals surface area contributed by atoms with Gasteiger partial charge >= 0.3 is 6.09 Å². The number of anilines is 1. The van der Waals surface area contributed by atoms with Crippen molar-refractivity contribution in [1.29, 1.82) is 0 Å². The van der Waals surface area contributed by atoms with Crippen LogP contribution in [0.25, 0.3) is 10.8 Å². The fourth-order valence-electron chi connectivity index (χ4n) is 4.72. The Morgan fingerprint density at radius 2 is 1.65 bits per heavy atom. The minimum Gasteiger partial charge on any atom is -0.508 e. The standard InChI is InChI=1S/C32H39N3O5/c1-6-20(2)27(34-31(39)40-32(3,4)5)30(38)35(25-15-16-25)28(22-12-17-26(36)18-13-22)29(37)33-24-14-11-21-9-7-8-10-23(21)19-24/h7-14,17-20,25,27-28,36H,6,15-16H2,1-5H3,(H,33,37)(H,34,39). The Kier molecular flexibility index (Phi) is 8.67. The SMILES string of the molecule is CCC(C)C(NC(=O)OC(C)(C)C)C(=O)N(C1CC1)C(C(=O)Nc1ccc2ccccc2c1)c1ccc(O)cc1. The first kappa shape index (κ1) is 28.9. The summed E-state index contributed by atoms with van der Waals surface area (Å²) in [7, 11) is 0. The molecule has 1 aliphatic carbocycles. The van der Waals surface area contributed by atoms with Gasteiger partial charge in [0.1, 0.15) is 23.4 Å². The number of amides is 3. The van der Waals surface area contributed by atoms with E-state index in [-0.39, 0.29) is 29.5 Å². The summed E-state index contributed by atoms with van der Waals surface area (Å²) in [6.07, 6.45) is 1.47. The lowest BCUT2D eigenvalue weighted by Gasteiger charge is -2.36. The van der Waals surface area contributed by atoms with Gasteiger partial charge in [0.2, 0.25) is 5.91 Å². The zero-order chi connectivity index (χ0) is 29.0. The number of rotatable bonds is 9. The van der Waals surface area contributed by atoms with Crippen molar-refractivity contribution < 1.29 is 24.2 Å². The lowest BCUT2D eigenvalue weighted by molar-refractivity contribution is -0.142. The molecule has 0 aromatic heterocycles. The van der Waals surface area contributed by atoms with Crippen molar-refractivity contribution in [3.8, 4) is 5.75 Å². The number of benzene rings is 3. The summed E-state index contributed by atoms with van der Waals surface area (Å²) in [5.41, 5.74) is 0.454. The fraction of sp³-hybridized carbons (Fsp3) is 0.406. The molecule has 4 rings (SSSR count). The summed E-state index contributed by atoms with van der Waals surface area (Å²) >= 11 is 0. The van der Waals surface area contributed by atoms with Crippen molar-refractivity contribution >= 4 is 34.4 Å². The quantitative estimate of drug-likeness (QED) is 0.299. The van der Waals surface area contributed by atoms with E-state index in [1.807, 2.05) is 56.3 Å². The van der Waals surface area contributed by atoms with Gasteiger partial charge in [-0.3, -0.25) is 9.59 Å². The van der Waals surface area contributed by atoms with E-state index in [1.165, 1.54) is 12.1 Å². The van der Waals surface area contributed by atoms with E-state index < -0.39 is 23.8 Å². The molecule has 3 aromatic carbocycles. The summed E-state index contributed by atoms with van der Waals surface area (Å²) < 4.78 is 5.46. The molecule has 0 heterocycles. The van der Waals surface area contributed by atoms with Crippen molar-refractivity contribution in [2.75, 3.05) is 5.32 Å². The van der Waals surface area contributed by atoms with Crippen molar-refractivity contribution in [3.63, 3.8) is 0 Å². The van der Waals surface area contributed by atoms with Crippen LogP contribution < -0.4 is 10.6 Å². The number of alkyl carbamates (subject to hydrolysis) is 1. The highest BCUT2D eigenvalue weighted by Crippen LogP contribution is 2.37. The number of nitrogens with zero attached hydrogens (tertiary/aromatic N) is 1. The maximum atomic E-state index is 14.3. The molecule has 40 heavy (non-hydrogen) atoms. The number of hydrogen-bond acceptors (Lipinski definition) is 5.